The van der Waals surface area contributed by atoms with Gasteiger partial charge in [-0.25, -0.2) is 0 Å². The van der Waals surface area contributed by atoms with E-state index >= 15 is 0 Å². The zero-order valence-electron chi connectivity index (χ0n) is 34.1. The van der Waals surface area contributed by atoms with Crippen LogP contribution in [0.4, 0.5) is 0 Å². The van der Waals surface area contributed by atoms with Gasteiger partial charge in [0, 0.05) is 54.3 Å². The van der Waals surface area contributed by atoms with Crippen LogP contribution in [0.15, 0.2) is 72.6 Å². The molecule has 0 saturated heterocycles. The first kappa shape index (κ1) is 42.2. The second-order valence-electron chi connectivity index (χ2n) is 17.9. The zero-order valence-corrected chi connectivity index (χ0v) is 36.5. The molecule has 4 aromatic carbocycles. The summed E-state index contributed by atoms with van der Waals surface area (Å²) in [5.41, 5.74) is 4.30. The molecule has 2 heterocycles. The van der Waals surface area contributed by atoms with Crippen molar-refractivity contribution in [2.75, 3.05) is 0 Å². The molecule has 4 nitrogen and oxygen atoms in total. The predicted octanol–water partition coefficient (Wildman–Crippen LogP) is 13.9. The molecule has 53 heavy (non-hydrogen) atoms. The monoisotopic (exact) mass is 891 g/mol. The van der Waals surface area contributed by atoms with E-state index in [4.69, 9.17) is 9.72 Å². The molecule has 285 valence electrons. The number of allylic oxidation sites excluding steroid dienone is 2. The molecular weight excluding hydrogens is 831 g/mol. The van der Waals surface area contributed by atoms with Gasteiger partial charge in [-0.2, -0.15) is 0 Å². The van der Waals surface area contributed by atoms with Crippen LogP contribution in [0.25, 0.3) is 43.6 Å². The van der Waals surface area contributed by atoms with Gasteiger partial charge in [0.25, 0.3) is 0 Å². The van der Waals surface area contributed by atoms with Gasteiger partial charge >= 0.3 is 0 Å². The molecule has 1 N–H and O–H groups in total. The summed E-state index contributed by atoms with van der Waals surface area (Å²) in [6, 6.07) is 23.4. The van der Waals surface area contributed by atoms with E-state index in [-0.39, 0.29) is 53.3 Å². The van der Waals surface area contributed by atoms with Gasteiger partial charge in [-0.15, -0.1) is 17.5 Å². The molecule has 1 radical (unpaired) electrons. The van der Waals surface area contributed by atoms with Gasteiger partial charge in [0.1, 0.15) is 11.5 Å². The number of ketones is 1. The number of aliphatic hydroxyl groups is 1. The maximum absolute atomic E-state index is 12.2. The molecule has 0 saturated carbocycles. The number of aromatic nitrogens is 1. The zero-order chi connectivity index (χ0) is 38.2. The van der Waals surface area contributed by atoms with Crippen LogP contribution in [0.5, 0.6) is 11.5 Å². The number of nitrogens with zero attached hydrogens (tertiary/aromatic N) is 1. The Bertz CT molecular complexity index is 2140. The van der Waals surface area contributed by atoms with Crippen molar-refractivity contribution in [3.63, 3.8) is 0 Å². The van der Waals surface area contributed by atoms with E-state index in [0.29, 0.717) is 0 Å². The molecular formula is C48H60IrNO3-. The van der Waals surface area contributed by atoms with Crippen LogP contribution in [0.1, 0.15) is 120 Å². The van der Waals surface area contributed by atoms with Crippen LogP contribution in [0.2, 0.25) is 0 Å². The summed E-state index contributed by atoms with van der Waals surface area (Å²) in [4.78, 5) is 17.1. The molecule has 0 amide bonds. The van der Waals surface area contributed by atoms with Crippen molar-refractivity contribution in [1.29, 1.82) is 0 Å². The maximum atomic E-state index is 12.2. The Kier molecular flexibility index (Phi) is 12.8. The van der Waals surface area contributed by atoms with Crippen LogP contribution >= 0.6 is 0 Å². The second kappa shape index (κ2) is 16.1. The fourth-order valence-corrected chi connectivity index (χ4v) is 7.22. The van der Waals surface area contributed by atoms with Crippen molar-refractivity contribution in [3.05, 3.63) is 89.8 Å². The van der Waals surface area contributed by atoms with E-state index < -0.39 is 0 Å². The SMILES string of the molecule is CC(C)(C)Cc1ccc2c(c1)cc1c3c(nccc32)-c2[c-]c3ccccc3c(CC(C)(C)C)c2O1.CCC(C)(CC)C(=O)/C=C(\O)C(C)(CC)CC.[Ir]. The van der Waals surface area contributed by atoms with Crippen molar-refractivity contribution in [3.8, 4) is 22.8 Å². The normalized spacial score (nSPS) is 13.2. The third kappa shape index (κ3) is 8.90. The van der Waals surface area contributed by atoms with Gasteiger partial charge in [0.2, 0.25) is 0 Å². The van der Waals surface area contributed by atoms with Crippen molar-refractivity contribution in [2.24, 2.45) is 21.7 Å². The average molecular weight is 891 g/mol. The molecule has 0 unspecified atom stereocenters. The molecule has 1 aromatic heterocycles. The standard InChI is InChI=1S/C33H32NO.C15H28O2.Ir/c1-32(2,3)18-20-11-12-24-22(15-20)17-28-29-25(24)13-14-34-30(29)26-16-21-9-7-8-10-23(21)27(31(26)35-28)19-33(4,5)6;1-7-14(5,8-2)12(16)11-13(17)15(6,9-3)10-4;/h7-15,17H,18-19H2,1-6H3;11,16H,7-10H2,1-6H3;/q-1;;/b;12-11-;. The first-order valence-corrected chi connectivity index (χ1v) is 19.3. The number of rotatable bonds is 9. The van der Waals surface area contributed by atoms with Crippen LogP contribution in [0, 0.1) is 27.7 Å². The van der Waals surface area contributed by atoms with Gasteiger partial charge in [0.05, 0.1) is 5.75 Å². The largest absolute Gasteiger partial charge is 0.512 e. The molecule has 0 aliphatic carbocycles. The Labute approximate surface area is 332 Å². The number of pyridine rings is 1. The Hall–Kier alpha value is -3.53. The number of hydrogen-bond acceptors (Lipinski definition) is 4. The first-order chi connectivity index (χ1) is 24.4. The quantitative estimate of drug-likeness (QED) is 0.0680. The first-order valence-electron chi connectivity index (χ1n) is 19.3. The van der Waals surface area contributed by atoms with Gasteiger partial charge in [-0.05, 0) is 83.2 Å². The van der Waals surface area contributed by atoms with E-state index in [2.05, 4.69) is 102 Å². The molecule has 0 spiro atoms. The molecule has 0 fully saturated rings. The smallest absolute Gasteiger partial charge is 0.164 e. The number of fused-ring (bicyclic) bond motifs is 5. The van der Waals surface area contributed by atoms with Crippen LogP contribution < -0.4 is 4.74 Å². The summed E-state index contributed by atoms with van der Waals surface area (Å²) in [6.07, 6.45) is 8.65. The summed E-state index contributed by atoms with van der Waals surface area (Å²) in [6.45, 7) is 25.8. The van der Waals surface area contributed by atoms with Crippen molar-refractivity contribution in [2.45, 2.75) is 122 Å². The summed E-state index contributed by atoms with van der Waals surface area (Å²) >= 11 is 0. The van der Waals surface area contributed by atoms with Crippen LogP contribution in [0.3, 0.4) is 0 Å². The molecule has 0 atom stereocenters. The Balaban J connectivity index is 0.000000299. The van der Waals surface area contributed by atoms with Crippen LogP contribution in [-0.4, -0.2) is 15.9 Å². The van der Waals surface area contributed by atoms with Gasteiger partial charge < -0.3 is 9.84 Å². The van der Waals surface area contributed by atoms with E-state index in [0.717, 1.165) is 72.1 Å². The van der Waals surface area contributed by atoms with Crippen molar-refractivity contribution < 1.29 is 34.7 Å². The van der Waals surface area contributed by atoms with E-state index in [9.17, 15) is 9.90 Å². The molecule has 5 aromatic rings. The minimum atomic E-state index is -0.337. The Morgan fingerprint density at radius 3 is 2.00 bits per heavy atom. The third-order valence-corrected chi connectivity index (χ3v) is 11.4. The number of hydrogen-bond donors (Lipinski definition) is 1. The Morgan fingerprint density at radius 2 is 1.40 bits per heavy atom. The maximum Gasteiger partial charge on any atom is 0.164 e. The van der Waals surface area contributed by atoms with E-state index in [1.165, 1.54) is 38.7 Å². The number of ether oxygens (including phenoxy) is 1. The third-order valence-electron chi connectivity index (χ3n) is 11.4. The Morgan fingerprint density at radius 1 is 0.774 bits per heavy atom. The average Bonchev–Trinajstić information content (AvgIpc) is 3.10. The second-order valence-corrected chi connectivity index (χ2v) is 17.9. The molecule has 0 bridgehead atoms. The fraction of sp³-hybridized carbons (Fsp3) is 0.458. The molecule has 6 rings (SSSR count). The minimum Gasteiger partial charge on any atom is -0.512 e. The van der Waals surface area contributed by atoms with Gasteiger partial charge in [0.15, 0.2) is 5.78 Å². The molecule has 1 aliphatic heterocycles. The number of aliphatic hydroxyl groups excluding tert-OH is 1. The topological polar surface area (TPSA) is 59.4 Å². The predicted molar refractivity (Wildman–Crippen MR) is 221 cm³/mol. The van der Waals surface area contributed by atoms with E-state index in [1.54, 1.807) is 0 Å². The molecule has 1 aliphatic rings. The van der Waals surface area contributed by atoms with Gasteiger partial charge in [-0.3, -0.25) is 9.78 Å². The fourth-order valence-electron chi connectivity index (χ4n) is 7.22. The van der Waals surface area contributed by atoms with Gasteiger partial charge in [-0.1, -0.05) is 136 Å². The number of benzene rings is 4. The summed E-state index contributed by atoms with van der Waals surface area (Å²) < 4.78 is 6.81. The minimum absolute atomic E-state index is 0. The summed E-state index contributed by atoms with van der Waals surface area (Å²) in [5.74, 6) is 2.10. The summed E-state index contributed by atoms with van der Waals surface area (Å²) in [5, 5.41) is 17.2. The number of carbonyl (C=O) groups is 1. The van der Waals surface area contributed by atoms with E-state index in [1.807, 2.05) is 47.7 Å². The van der Waals surface area contributed by atoms with Crippen molar-refractivity contribution >= 4 is 38.1 Å². The van der Waals surface area contributed by atoms with Crippen molar-refractivity contribution in [1.82, 2.24) is 4.98 Å². The summed E-state index contributed by atoms with van der Waals surface area (Å²) in [7, 11) is 0. The molecule has 5 heteroatoms. The van der Waals surface area contributed by atoms with Crippen LogP contribution in [-0.2, 0) is 37.7 Å². The number of carbonyl (C=O) groups excluding carboxylic acids is 1.